The lowest BCUT2D eigenvalue weighted by Gasteiger charge is -2.16. The number of benzene rings is 2. The number of esters is 1. The average Bonchev–Trinajstić information content (AvgIpc) is 3.06. The highest BCUT2D eigenvalue weighted by molar-refractivity contribution is 5.75. The lowest BCUT2D eigenvalue weighted by Crippen LogP contribution is -2.28. The first-order valence-corrected chi connectivity index (χ1v) is 8.81. The quantitative estimate of drug-likeness (QED) is 0.769. The van der Waals surface area contributed by atoms with Crippen LogP contribution in [0.15, 0.2) is 41.5 Å². The fraction of sp³-hybridized carbons (Fsp3) is 0.200. The molecule has 0 amide bonds. The number of carbonyl (C=O) groups excluding carboxylic acids is 1. The predicted molar refractivity (Wildman–Crippen MR) is 103 cm³/mol. The molecule has 0 atom stereocenters. The lowest BCUT2D eigenvalue weighted by atomic mass is 10.1. The maximum Gasteiger partial charge on any atom is 0.327 e. The van der Waals surface area contributed by atoms with Crippen molar-refractivity contribution in [2.45, 2.75) is 6.92 Å². The highest BCUT2D eigenvalue weighted by atomic mass is 19.1. The maximum absolute atomic E-state index is 14.0. The summed E-state index contributed by atoms with van der Waals surface area (Å²) < 4.78 is 23.9. The number of nitrogens with one attached hydrogen (secondary N) is 2. The average molecular weight is 382 g/mol. The Morgan fingerprint density at radius 2 is 2.11 bits per heavy atom. The summed E-state index contributed by atoms with van der Waals surface area (Å²) in [7, 11) is 1.43. The third-order valence-corrected chi connectivity index (χ3v) is 4.38. The largest absolute Gasteiger partial charge is 0.494 e. The molecule has 2 N–H and O–H groups in total. The van der Waals surface area contributed by atoms with Gasteiger partial charge in [-0.2, -0.15) is 0 Å². The van der Waals surface area contributed by atoms with Crippen LogP contribution in [0.3, 0.4) is 0 Å². The minimum absolute atomic E-state index is 0.104. The van der Waals surface area contributed by atoms with Crippen LogP contribution < -0.4 is 26.1 Å². The highest BCUT2D eigenvalue weighted by Crippen LogP contribution is 2.25. The number of carbonyl (C=O) groups is 1. The van der Waals surface area contributed by atoms with E-state index < -0.39 is 5.82 Å². The molecule has 8 heteroatoms. The van der Waals surface area contributed by atoms with E-state index in [0.29, 0.717) is 23.2 Å². The van der Waals surface area contributed by atoms with E-state index in [9.17, 15) is 9.18 Å². The Kier molecular flexibility index (Phi) is 4.60. The summed E-state index contributed by atoms with van der Waals surface area (Å²) in [6, 6.07) is 8.54. The van der Waals surface area contributed by atoms with E-state index in [4.69, 9.17) is 9.47 Å². The Morgan fingerprint density at radius 1 is 1.25 bits per heavy atom. The molecule has 0 bridgehead atoms. The highest BCUT2D eigenvalue weighted by Gasteiger charge is 2.17. The molecule has 28 heavy (non-hydrogen) atoms. The predicted octanol–water partition coefficient (Wildman–Crippen LogP) is 1.82. The Hall–Kier alpha value is -3.55. The topological polar surface area (TPSA) is 75.2 Å². The molecule has 0 unspecified atom stereocenters. The van der Waals surface area contributed by atoms with Crippen molar-refractivity contribution in [1.29, 1.82) is 0 Å². The number of nitrogens with zero attached hydrogens (tertiary/aromatic N) is 2. The van der Waals surface area contributed by atoms with Crippen molar-refractivity contribution in [3.63, 3.8) is 0 Å². The van der Waals surface area contributed by atoms with E-state index in [1.165, 1.54) is 13.2 Å². The molecule has 0 saturated carbocycles. The van der Waals surface area contributed by atoms with Gasteiger partial charge in [-0.25, -0.2) is 9.38 Å². The van der Waals surface area contributed by atoms with Crippen molar-refractivity contribution in [3.8, 4) is 5.75 Å². The van der Waals surface area contributed by atoms with Gasteiger partial charge in [-0.3, -0.25) is 15.2 Å². The van der Waals surface area contributed by atoms with Gasteiger partial charge in [-0.15, -0.1) is 0 Å². The summed E-state index contributed by atoms with van der Waals surface area (Å²) >= 11 is 0. The third-order valence-electron chi connectivity index (χ3n) is 4.38. The van der Waals surface area contributed by atoms with Crippen LogP contribution in [0.25, 0.3) is 11.9 Å². The first-order valence-electron chi connectivity index (χ1n) is 8.81. The minimum Gasteiger partial charge on any atom is -0.494 e. The second-order valence-electron chi connectivity index (χ2n) is 6.27. The first-order chi connectivity index (χ1) is 13.6. The van der Waals surface area contributed by atoms with E-state index in [1.807, 2.05) is 18.3 Å². The molecular weight excluding hydrogens is 363 g/mol. The van der Waals surface area contributed by atoms with E-state index in [-0.39, 0.29) is 18.3 Å². The smallest absolute Gasteiger partial charge is 0.327 e. The van der Waals surface area contributed by atoms with Gasteiger partial charge in [0.25, 0.3) is 0 Å². The molecule has 0 fully saturated rings. The number of hydrogen-bond donors (Lipinski definition) is 2. The van der Waals surface area contributed by atoms with Crippen molar-refractivity contribution in [1.82, 2.24) is 5.01 Å². The Labute approximate surface area is 160 Å². The summed E-state index contributed by atoms with van der Waals surface area (Å²) in [6.07, 6.45) is 3.57. The number of halogens is 1. The maximum atomic E-state index is 14.0. The molecular formula is C20H19FN4O3. The van der Waals surface area contributed by atoms with Crippen molar-refractivity contribution in [3.05, 3.63) is 58.5 Å². The fourth-order valence-corrected chi connectivity index (χ4v) is 3.08. The van der Waals surface area contributed by atoms with Crippen LogP contribution in [-0.4, -0.2) is 31.2 Å². The molecule has 2 aliphatic rings. The molecule has 2 heterocycles. The molecule has 2 aromatic carbocycles. The molecule has 2 aromatic rings. The zero-order valence-corrected chi connectivity index (χ0v) is 15.5. The molecule has 0 radical (unpaired) electrons. The molecule has 0 saturated heterocycles. The van der Waals surface area contributed by atoms with E-state index in [0.717, 1.165) is 16.6 Å². The number of hydrazine groups is 1. The minimum atomic E-state index is -0.443. The molecule has 0 aliphatic carbocycles. The van der Waals surface area contributed by atoms with Crippen molar-refractivity contribution in [2.75, 3.05) is 31.0 Å². The second kappa shape index (κ2) is 7.22. The van der Waals surface area contributed by atoms with Crippen LogP contribution in [0, 0.1) is 5.82 Å². The number of rotatable bonds is 5. The monoisotopic (exact) mass is 382 g/mol. The van der Waals surface area contributed by atoms with Crippen LogP contribution >= 0.6 is 0 Å². The van der Waals surface area contributed by atoms with Crippen LogP contribution in [0.1, 0.15) is 12.5 Å². The molecule has 144 valence electrons. The molecule has 0 spiro atoms. The van der Waals surface area contributed by atoms with Crippen molar-refractivity contribution in [2.24, 2.45) is 4.99 Å². The summed E-state index contributed by atoms with van der Waals surface area (Å²) in [6.45, 7) is 2.22. The zero-order chi connectivity index (χ0) is 19.7. The summed E-state index contributed by atoms with van der Waals surface area (Å²) in [5, 5.41) is 6.51. The molecule has 2 aliphatic heterocycles. The van der Waals surface area contributed by atoms with Crippen molar-refractivity contribution < 1.29 is 18.7 Å². The first kappa shape index (κ1) is 17.8. The van der Waals surface area contributed by atoms with Gasteiger partial charge in [0.2, 0.25) is 0 Å². The zero-order valence-electron chi connectivity index (χ0n) is 15.5. The SMILES string of the molecule is CCOC(=O)CN1C=c2cc3c(cc2N1)=NC(c1ccc(OC)c(F)c1)=CN3. The normalized spacial score (nSPS) is 13.8. The van der Waals surface area contributed by atoms with E-state index in [1.54, 1.807) is 30.3 Å². The fourth-order valence-electron chi connectivity index (χ4n) is 3.08. The standard InChI is InChI=1S/C20H19FN4O3/c1-3-28-20(26)11-25-10-13-7-16-17(8-15(13)24-25)23-18(9-22-16)12-4-5-19(27-2)14(21)6-12/h4-10,22,24H,3,11H2,1-2H3. The van der Waals surface area contributed by atoms with Gasteiger partial charge in [0.15, 0.2) is 11.6 Å². The summed E-state index contributed by atoms with van der Waals surface area (Å²) in [4.78, 5) is 16.3. The number of anilines is 2. The van der Waals surface area contributed by atoms with Gasteiger partial charge in [-0.1, -0.05) is 0 Å². The summed E-state index contributed by atoms with van der Waals surface area (Å²) in [5.41, 5.74) is 6.05. The van der Waals surface area contributed by atoms with Crippen LogP contribution in [-0.2, 0) is 9.53 Å². The van der Waals surface area contributed by atoms with Gasteiger partial charge in [0.05, 0.1) is 36.1 Å². The van der Waals surface area contributed by atoms with E-state index in [2.05, 4.69) is 15.7 Å². The number of ether oxygens (including phenoxy) is 2. The molecule has 0 aromatic heterocycles. The number of hydrogen-bond acceptors (Lipinski definition) is 7. The molecule has 4 rings (SSSR count). The van der Waals surface area contributed by atoms with Crippen LogP contribution in [0.4, 0.5) is 15.8 Å². The lowest BCUT2D eigenvalue weighted by molar-refractivity contribution is -0.143. The Bertz CT molecular complexity index is 1100. The van der Waals surface area contributed by atoms with Gasteiger partial charge in [0.1, 0.15) is 6.54 Å². The Morgan fingerprint density at radius 3 is 2.86 bits per heavy atom. The number of methoxy groups -OCH3 is 1. The van der Waals surface area contributed by atoms with Gasteiger partial charge in [-0.05, 0) is 37.3 Å². The van der Waals surface area contributed by atoms with E-state index >= 15 is 0 Å². The van der Waals surface area contributed by atoms with Crippen molar-refractivity contribution >= 4 is 29.2 Å². The van der Waals surface area contributed by atoms with Gasteiger partial charge < -0.3 is 14.8 Å². The second-order valence-corrected chi connectivity index (χ2v) is 6.27. The third kappa shape index (κ3) is 3.36. The van der Waals surface area contributed by atoms with Crippen LogP contribution in [0.2, 0.25) is 0 Å². The van der Waals surface area contributed by atoms with Gasteiger partial charge >= 0.3 is 5.97 Å². The molecule has 7 nitrogen and oxygen atoms in total. The number of fused-ring (bicyclic) bond motifs is 2. The summed E-state index contributed by atoms with van der Waals surface area (Å²) in [5.74, 6) is -0.563. The van der Waals surface area contributed by atoms with Crippen LogP contribution in [0.5, 0.6) is 5.75 Å². The Balaban J connectivity index is 1.60. The van der Waals surface area contributed by atoms with Gasteiger partial charge in [0, 0.05) is 23.2 Å².